The van der Waals surface area contributed by atoms with E-state index in [4.69, 9.17) is 5.11 Å². The molecular weight excluding hydrogens is 188 g/mol. The standard InChI is InChI=1S/C12H20N2O/c1-14(9-4-10-15)8-3-6-12-5-2-7-13-11-12/h2,5,7,11,15H,3-4,6,8-10H2,1H3. The topological polar surface area (TPSA) is 36.4 Å². The van der Waals surface area contributed by atoms with E-state index in [0.717, 1.165) is 32.4 Å². The summed E-state index contributed by atoms with van der Waals surface area (Å²) in [7, 11) is 2.10. The summed E-state index contributed by atoms with van der Waals surface area (Å²) >= 11 is 0. The van der Waals surface area contributed by atoms with Crippen LogP contribution in [0, 0.1) is 0 Å². The molecule has 3 heteroatoms. The second kappa shape index (κ2) is 7.37. The molecule has 0 fully saturated rings. The van der Waals surface area contributed by atoms with Crippen molar-refractivity contribution in [3.63, 3.8) is 0 Å². The lowest BCUT2D eigenvalue weighted by molar-refractivity contribution is 0.246. The van der Waals surface area contributed by atoms with Gasteiger partial charge in [-0.05, 0) is 44.5 Å². The van der Waals surface area contributed by atoms with Gasteiger partial charge in [0.25, 0.3) is 0 Å². The molecule has 15 heavy (non-hydrogen) atoms. The number of aliphatic hydroxyl groups excluding tert-OH is 1. The molecule has 1 N–H and O–H groups in total. The van der Waals surface area contributed by atoms with E-state index in [1.165, 1.54) is 5.56 Å². The van der Waals surface area contributed by atoms with E-state index in [-0.39, 0.29) is 6.61 Å². The molecular formula is C12H20N2O. The highest BCUT2D eigenvalue weighted by atomic mass is 16.3. The van der Waals surface area contributed by atoms with Crippen molar-refractivity contribution in [1.29, 1.82) is 0 Å². The van der Waals surface area contributed by atoms with Gasteiger partial charge in [-0.25, -0.2) is 0 Å². The number of hydrogen-bond acceptors (Lipinski definition) is 3. The summed E-state index contributed by atoms with van der Waals surface area (Å²) in [5, 5.41) is 8.68. The van der Waals surface area contributed by atoms with E-state index in [2.05, 4.69) is 23.0 Å². The monoisotopic (exact) mass is 208 g/mol. The smallest absolute Gasteiger partial charge is 0.0443 e. The Hall–Kier alpha value is -0.930. The van der Waals surface area contributed by atoms with Crippen molar-refractivity contribution in [2.24, 2.45) is 0 Å². The van der Waals surface area contributed by atoms with E-state index >= 15 is 0 Å². The van der Waals surface area contributed by atoms with Gasteiger partial charge in [-0.3, -0.25) is 4.98 Å². The summed E-state index contributed by atoms with van der Waals surface area (Å²) in [6.07, 6.45) is 6.82. The molecule has 1 rings (SSSR count). The Morgan fingerprint density at radius 3 is 2.80 bits per heavy atom. The minimum atomic E-state index is 0.285. The minimum Gasteiger partial charge on any atom is -0.396 e. The summed E-state index contributed by atoms with van der Waals surface area (Å²) in [6.45, 7) is 2.34. The van der Waals surface area contributed by atoms with Crippen molar-refractivity contribution in [2.75, 3.05) is 26.7 Å². The van der Waals surface area contributed by atoms with Crippen LogP contribution in [-0.2, 0) is 6.42 Å². The molecule has 1 aromatic rings. The van der Waals surface area contributed by atoms with Crippen LogP contribution >= 0.6 is 0 Å². The first-order valence-electron chi connectivity index (χ1n) is 5.51. The summed E-state index contributed by atoms with van der Waals surface area (Å²) in [5.41, 5.74) is 1.30. The Bertz CT molecular complexity index is 251. The third-order valence-corrected chi connectivity index (χ3v) is 2.43. The van der Waals surface area contributed by atoms with Gasteiger partial charge >= 0.3 is 0 Å². The molecule has 1 heterocycles. The average molecular weight is 208 g/mol. The molecule has 0 spiro atoms. The van der Waals surface area contributed by atoms with Crippen molar-refractivity contribution in [3.05, 3.63) is 30.1 Å². The summed E-state index contributed by atoms with van der Waals surface area (Å²) in [4.78, 5) is 6.34. The van der Waals surface area contributed by atoms with Gasteiger partial charge in [0.1, 0.15) is 0 Å². The van der Waals surface area contributed by atoms with Gasteiger partial charge in [-0.1, -0.05) is 6.07 Å². The highest BCUT2D eigenvalue weighted by molar-refractivity contribution is 5.08. The van der Waals surface area contributed by atoms with E-state index in [9.17, 15) is 0 Å². The molecule has 0 aliphatic carbocycles. The molecule has 0 bridgehead atoms. The van der Waals surface area contributed by atoms with Crippen LogP contribution in [-0.4, -0.2) is 41.7 Å². The normalized spacial score (nSPS) is 10.9. The fourth-order valence-corrected chi connectivity index (χ4v) is 1.55. The number of pyridine rings is 1. The second-order valence-corrected chi connectivity index (χ2v) is 3.85. The number of aliphatic hydroxyl groups is 1. The van der Waals surface area contributed by atoms with Gasteiger partial charge in [0.15, 0.2) is 0 Å². The molecule has 0 atom stereocenters. The second-order valence-electron chi connectivity index (χ2n) is 3.85. The number of rotatable bonds is 7. The van der Waals surface area contributed by atoms with E-state index in [1.807, 2.05) is 12.3 Å². The average Bonchev–Trinajstić information content (AvgIpc) is 2.28. The molecule has 0 saturated heterocycles. The van der Waals surface area contributed by atoms with Gasteiger partial charge in [0.2, 0.25) is 0 Å². The van der Waals surface area contributed by atoms with Crippen LogP contribution in [0.3, 0.4) is 0 Å². The molecule has 84 valence electrons. The fraction of sp³-hybridized carbons (Fsp3) is 0.583. The van der Waals surface area contributed by atoms with Crippen LogP contribution in [0.15, 0.2) is 24.5 Å². The van der Waals surface area contributed by atoms with Crippen LogP contribution in [0.4, 0.5) is 0 Å². The van der Waals surface area contributed by atoms with Crippen molar-refractivity contribution in [1.82, 2.24) is 9.88 Å². The summed E-state index contributed by atoms with van der Waals surface area (Å²) in [6, 6.07) is 4.09. The first-order valence-corrected chi connectivity index (χ1v) is 5.51. The van der Waals surface area contributed by atoms with Gasteiger partial charge in [-0.15, -0.1) is 0 Å². The zero-order valence-electron chi connectivity index (χ0n) is 9.39. The molecule has 0 saturated carbocycles. The highest BCUT2D eigenvalue weighted by Crippen LogP contribution is 2.01. The number of hydrogen-bond donors (Lipinski definition) is 1. The van der Waals surface area contributed by atoms with E-state index in [0.29, 0.717) is 0 Å². The van der Waals surface area contributed by atoms with Gasteiger partial charge in [0, 0.05) is 25.5 Å². The van der Waals surface area contributed by atoms with Crippen LogP contribution < -0.4 is 0 Å². The maximum absolute atomic E-state index is 8.68. The predicted molar refractivity (Wildman–Crippen MR) is 61.8 cm³/mol. The van der Waals surface area contributed by atoms with Crippen LogP contribution in [0.1, 0.15) is 18.4 Å². The number of aromatic nitrogens is 1. The summed E-state index contributed by atoms with van der Waals surface area (Å²) < 4.78 is 0. The Morgan fingerprint density at radius 1 is 1.33 bits per heavy atom. The zero-order chi connectivity index (χ0) is 10.9. The van der Waals surface area contributed by atoms with Crippen molar-refractivity contribution >= 4 is 0 Å². The maximum Gasteiger partial charge on any atom is 0.0443 e. The van der Waals surface area contributed by atoms with Crippen molar-refractivity contribution in [3.8, 4) is 0 Å². The fourth-order valence-electron chi connectivity index (χ4n) is 1.55. The maximum atomic E-state index is 8.68. The third-order valence-electron chi connectivity index (χ3n) is 2.43. The van der Waals surface area contributed by atoms with Crippen molar-refractivity contribution < 1.29 is 5.11 Å². The highest BCUT2D eigenvalue weighted by Gasteiger charge is 1.98. The molecule has 0 unspecified atom stereocenters. The largest absolute Gasteiger partial charge is 0.396 e. The molecule has 0 aliphatic heterocycles. The molecule has 0 radical (unpaired) electrons. The van der Waals surface area contributed by atoms with Crippen molar-refractivity contribution in [2.45, 2.75) is 19.3 Å². The van der Waals surface area contributed by atoms with Gasteiger partial charge in [0.05, 0.1) is 0 Å². The predicted octanol–water partition coefficient (Wildman–Crippen LogP) is 1.33. The first kappa shape index (κ1) is 12.1. The van der Waals surface area contributed by atoms with Crippen LogP contribution in [0.2, 0.25) is 0 Å². The van der Waals surface area contributed by atoms with Gasteiger partial charge in [-0.2, -0.15) is 0 Å². The Kier molecular flexibility index (Phi) is 5.97. The Labute approximate surface area is 91.8 Å². The lowest BCUT2D eigenvalue weighted by Crippen LogP contribution is -2.22. The summed E-state index contributed by atoms with van der Waals surface area (Å²) in [5.74, 6) is 0. The zero-order valence-corrected chi connectivity index (χ0v) is 9.39. The quantitative estimate of drug-likeness (QED) is 0.734. The SMILES string of the molecule is CN(CCCO)CCCc1cccnc1. The molecule has 0 aromatic carbocycles. The van der Waals surface area contributed by atoms with Crippen LogP contribution in [0.5, 0.6) is 0 Å². The molecule has 3 nitrogen and oxygen atoms in total. The Balaban J connectivity index is 2.11. The lowest BCUT2D eigenvalue weighted by atomic mass is 10.1. The van der Waals surface area contributed by atoms with Gasteiger partial charge < -0.3 is 10.0 Å². The first-order chi connectivity index (χ1) is 7.33. The molecule has 0 amide bonds. The number of nitrogens with zero attached hydrogens (tertiary/aromatic N) is 2. The molecule has 1 aromatic heterocycles. The number of aryl methyl sites for hydroxylation is 1. The molecule has 0 aliphatic rings. The van der Waals surface area contributed by atoms with Crippen LogP contribution in [0.25, 0.3) is 0 Å². The third kappa shape index (κ3) is 5.50. The van der Waals surface area contributed by atoms with E-state index < -0.39 is 0 Å². The Morgan fingerprint density at radius 2 is 2.13 bits per heavy atom. The van der Waals surface area contributed by atoms with E-state index in [1.54, 1.807) is 6.20 Å². The lowest BCUT2D eigenvalue weighted by Gasteiger charge is -2.15. The minimum absolute atomic E-state index is 0.285.